The van der Waals surface area contributed by atoms with Crippen LogP contribution in [0.3, 0.4) is 0 Å². The third-order valence-electron chi connectivity index (χ3n) is 4.68. The van der Waals surface area contributed by atoms with E-state index >= 15 is 0 Å². The first kappa shape index (κ1) is 21.6. The smallest absolute Gasteiger partial charge is 0.378 e. The van der Waals surface area contributed by atoms with Gasteiger partial charge in [-0.25, -0.2) is 0 Å². The maximum absolute atomic E-state index is 13.2. The number of halogens is 3. The topological polar surface area (TPSA) is 70.7 Å². The van der Waals surface area contributed by atoms with Gasteiger partial charge in [0.2, 0.25) is 5.91 Å². The zero-order chi connectivity index (χ0) is 21.7. The van der Waals surface area contributed by atoms with Crippen molar-refractivity contribution in [2.24, 2.45) is 0 Å². The Morgan fingerprint density at radius 3 is 2.47 bits per heavy atom. The Morgan fingerprint density at radius 2 is 1.80 bits per heavy atom. The highest BCUT2D eigenvalue weighted by molar-refractivity contribution is 6.01. The van der Waals surface area contributed by atoms with Crippen LogP contribution in [-0.4, -0.2) is 38.1 Å². The lowest BCUT2D eigenvalue weighted by molar-refractivity contribution is -0.138. The second kappa shape index (κ2) is 9.17. The number of benzene rings is 2. The van der Waals surface area contributed by atoms with Crippen molar-refractivity contribution in [3.05, 3.63) is 59.2 Å². The first-order chi connectivity index (χ1) is 14.3. The molecule has 0 atom stereocenters. The fraction of sp³-hybridized carbons (Fsp3) is 0.333. The fourth-order valence-electron chi connectivity index (χ4n) is 3.29. The maximum Gasteiger partial charge on any atom is 0.416 e. The molecule has 0 aliphatic carbocycles. The molecule has 0 saturated carbocycles. The lowest BCUT2D eigenvalue weighted by atomic mass is 10.1. The summed E-state index contributed by atoms with van der Waals surface area (Å²) in [6, 6.07) is 9.97. The van der Waals surface area contributed by atoms with E-state index in [4.69, 9.17) is 4.74 Å². The zero-order valence-electron chi connectivity index (χ0n) is 16.4. The molecule has 1 aliphatic rings. The summed E-state index contributed by atoms with van der Waals surface area (Å²) in [5, 5.41) is 5.26. The highest BCUT2D eigenvalue weighted by Crippen LogP contribution is 2.32. The summed E-state index contributed by atoms with van der Waals surface area (Å²) in [7, 11) is 0. The van der Waals surface area contributed by atoms with Crippen LogP contribution in [-0.2, 0) is 22.3 Å². The minimum atomic E-state index is -4.50. The average molecular weight is 421 g/mol. The highest BCUT2D eigenvalue weighted by atomic mass is 19.4. The summed E-state index contributed by atoms with van der Waals surface area (Å²) >= 11 is 0. The number of nitrogens with one attached hydrogen (secondary N) is 2. The van der Waals surface area contributed by atoms with Gasteiger partial charge in [0.15, 0.2) is 0 Å². The van der Waals surface area contributed by atoms with E-state index in [0.717, 1.165) is 6.07 Å². The van der Waals surface area contributed by atoms with Crippen LogP contribution >= 0.6 is 0 Å². The van der Waals surface area contributed by atoms with Crippen molar-refractivity contribution in [3.63, 3.8) is 0 Å². The number of amides is 2. The van der Waals surface area contributed by atoms with E-state index in [1.165, 1.54) is 25.1 Å². The van der Waals surface area contributed by atoms with Gasteiger partial charge in [-0.2, -0.15) is 13.2 Å². The fourth-order valence-corrected chi connectivity index (χ4v) is 3.29. The monoisotopic (exact) mass is 421 g/mol. The highest BCUT2D eigenvalue weighted by Gasteiger charge is 2.33. The van der Waals surface area contributed by atoms with Crippen molar-refractivity contribution >= 4 is 23.2 Å². The number of hydrogen-bond acceptors (Lipinski definition) is 4. The van der Waals surface area contributed by atoms with Gasteiger partial charge >= 0.3 is 6.18 Å². The number of carbonyl (C=O) groups is 2. The van der Waals surface area contributed by atoms with E-state index < -0.39 is 17.6 Å². The molecular weight excluding hydrogens is 399 g/mol. The van der Waals surface area contributed by atoms with Crippen LogP contribution in [0.5, 0.6) is 0 Å². The predicted octanol–water partition coefficient (Wildman–Crippen LogP) is 3.43. The van der Waals surface area contributed by atoms with E-state index in [2.05, 4.69) is 10.6 Å². The van der Waals surface area contributed by atoms with Crippen molar-refractivity contribution in [1.82, 2.24) is 5.32 Å². The summed E-state index contributed by atoms with van der Waals surface area (Å²) in [5.41, 5.74) is 0.644. The summed E-state index contributed by atoms with van der Waals surface area (Å²) in [6.07, 6.45) is -4.50. The van der Waals surface area contributed by atoms with Gasteiger partial charge in [-0.15, -0.1) is 0 Å². The molecule has 1 aliphatic heterocycles. The maximum atomic E-state index is 13.2. The standard InChI is InChI=1S/C21H22F3N3O3/c1-14(28)26-16-6-7-17(19(12-16)27-8-10-30-11-9-27)20(29)25-13-15-4-2-3-5-18(15)21(22,23)24/h2-7,12H,8-11,13H2,1H3,(H,25,29)(H,26,28). The van der Waals surface area contributed by atoms with Crippen LogP contribution in [0.2, 0.25) is 0 Å². The van der Waals surface area contributed by atoms with Crippen LogP contribution in [0.15, 0.2) is 42.5 Å². The SMILES string of the molecule is CC(=O)Nc1ccc(C(=O)NCc2ccccc2C(F)(F)F)c(N2CCOCC2)c1. The number of anilines is 2. The molecule has 160 valence electrons. The van der Waals surface area contributed by atoms with Crippen molar-refractivity contribution < 1.29 is 27.5 Å². The van der Waals surface area contributed by atoms with Gasteiger partial charge in [0.25, 0.3) is 5.91 Å². The molecule has 2 amide bonds. The molecule has 9 heteroatoms. The van der Waals surface area contributed by atoms with E-state index in [1.807, 2.05) is 4.90 Å². The number of nitrogens with zero attached hydrogens (tertiary/aromatic N) is 1. The van der Waals surface area contributed by atoms with Gasteiger partial charge in [0, 0.05) is 32.2 Å². The Kier molecular flexibility index (Phi) is 6.61. The Bertz CT molecular complexity index is 925. The lowest BCUT2D eigenvalue weighted by Crippen LogP contribution is -2.38. The molecule has 0 bridgehead atoms. The largest absolute Gasteiger partial charge is 0.416 e. The van der Waals surface area contributed by atoms with E-state index in [1.54, 1.807) is 18.2 Å². The van der Waals surface area contributed by atoms with Crippen molar-refractivity contribution in [3.8, 4) is 0 Å². The van der Waals surface area contributed by atoms with Gasteiger partial charge in [0.1, 0.15) is 0 Å². The zero-order valence-corrected chi connectivity index (χ0v) is 16.4. The number of ether oxygens (including phenoxy) is 1. The third kappa shape index (κ3) is 5.29. The molecule has 2 N–H and O–H groups in total. The molecule has 2 aromatic rings. The Morgan fingerprint density at radius 1 is 1.10 bits per heavy atom. The predicted molar refractivity (Wildman–Crippen MR) is 106 cm³/mol. The minimum Gasteiger partial charge on any atom is -0.378 e. The molecule has 0 unspecified atom stereocenters. The Labute approximate surface area is 172 Å². The molecule has 1 saturated heterocycles. The molecule has 1 fully saturated rings. The van der Waals surface area contributed by atoms with Crippen LogP contribution in [0.1, 0.15) is 28.4 Å². The van der Waals surface area contributed by atoms with E-state index in [-0.39, 0.29) is 18.0 Å². The third-order valence-corrected chi connectivity index (χ3v) is 4.68. The second-order valence-corrected chi connectivity index (χ2v) is 6.85. The summed E-state index contributed by atoms with van der Waals surface area (Å²) in [4.78, 5) is 26.2. The van der Waals surface area contributed by atoms with Crippen LogP contribution in [0.4, 0.5) is 24.5 Å². The van der Waals surface area contributed by atoms with Gasteiger partial charge in [0.05, 0.1) is 30.0 Å². The first-order valence-electron chi connectivity index (χ1n) is 9.43. The lowest BCUT2D eigenvalue weighted by Gasteiger charge is -2.30. The second-order valence-electron chi connectivity index (χ2n) is 6.85. The minimum absolute atomic E-state index is 0.0128. The average Bonchev–Trinajstić information content (AvgIpc) is 2.71. The molecule has 30 heavy (non-hydrogen) atoms. The van der Waals surface area contributed by atoms with E-state index in [0.29, 0.717) is 43.2 Å². The van der Waals surface area contributed by atoms with Gasteiger partial charge in [-0.05, 0) is 29.8 Å². The number of carbonyl (C=O) groups excluding carboxylic acids is 2. The normalized spacial score (nSPS) is 14.3. The van der Waals surface area contributed by atoms with Gasteiger partial charge in [-0.3, -0.25) is 9.59 Å². The summed E-state index contributed by atoms with van der Waals surface area (Å²) in [5.74, 6) is -0.744. The quantitative estimate of drug-likeness (QED) is 0.776. The molecule has 2 aromatic carbocycles. The number of rotatable bonds is 5. The molecule has 1 heterocycles. The number of alkyl halides is 3. The van der Waals surface area contributed by atoms with Crippen LogP contribution < -0.4 is 15.5 Å². The molecular formula is C21H22F3N3O3. The summed E-state index contributed by atoms with van der Waals surface area (Å²) in [6.45, 7) is 3.22. The molecule has 0 radical (unpaired) electrons. The molecule has 3 rings (SSSR count). The van der Waals surface area contributed by atoms with Crippen molar-refractivity contribution in [1.29, 1.82) is 0 Å². The number of morpholine rings is 1. The molecule has 0 spiro atoms. The van der Waals surface area contributed by atoms with Crippen LogP contribution in [0, 0.1) is 0 Å². The van der Waals surface area contributed by atoms with Crippen molar-refractivity contribution in [2.45, 2.75) is 19.6 Å². The first-order valence-corrected chi connectivity index (χ1v) is 9.43. The van der Waals surface area contributed by atoms with E-state index in [9.17, 15) is 22.8 Å². The Hall–Kier alpha value is -3.07. The summed E-state index contributed by atoms with van der Waals surface area (Å²) < 4.78 is 44.9. The van der Waals surface area contributed by atoms with Gasteiger partial charge in [-0.1, -0.05) is 18.2 Å². The Balaban J connectivity index is 1.84. The molecule has 6 nitrogen and oxygen atoms in total. The number of hydrogen-bond donors (Lipinski definition) is 2. The van der Waals surface area contributed by atoms with Crippen molar-refractivity contribution in [2.75, 3.05) is 36.5 Å². The van der Waals surface area contributed by atoms with Crippen LogP contribution in [0.25, 0.3) is 0 Å². The van der Waals surface area contributed by atoms with Gasteiger partial charge < -0.3 is 20.3 Å². The molecule has 0 aromatic heterocycles.